The molecule has 0 amide bonds. The van der Waals surface area contributed by atoms with Crippen LogP contribution < -0.4 is 0 Å². The molecule has 0 rings (SSSR count). The zero-order chi connectivity index (χ0) is 9.94. The molecule has 0 radical (unpaired) electrons. The number of esters is 1. The summed E-state index contributed by atoms with van der Waals surface area (Å²) in [6.07, 6.45) is 6.88. The van der Waals surface area contributed by atoms with Gasteiger partial charge in [0.1, 0.15) is 0 Å². The third-order valence-electron chi connectivity index (χ3n) is 1.58. The maximum atomic E-state index is 10.9. The quantitative estimate of drug-likeness (QED) is 0.373. The highest BCUT2D eigenvalue weighted by Crippen LogP contribution is 2.01. The lowest BCUT2D eigenvalue weighted by atomic mass is 10.2. The number of hydrogen-bond acceptors (Lipinski definition) is 3. The second-order valence-electron chi connectivity index (χ2n) is 2.70. The van der Waals surface area contributed by atoms with E-state index >= 15 is 0 Å². The standard InChI is InChI=1S/C10H18O3/c1-2-13-10(12)8-6-4-3-5-7-9-11/h5,7,11H,2-4,6,8-9H2,1H3. The van der Waals surface area contributed by atoms with Crippen molar-refractivity contribution in [2.45, 2.75) is 32.6 Å². The first-order valence-corrected chi connectivity index (χ1v) is 4.72. The van der Waals surface area contributed by atoms with E-state index in [9.17, 15) is 4.79 Å². The summed E-state index contributed by atoms with van der Waals surface area (Å²) in [7, 11) is 0. The van der Waals surface area contributed by atoms with Crippen molar-refractivity contribution in [3.05, 3.63) is 12.2 Å². The zero-order valence-corrected chi connectivity index (χ0v) is 8.16. The molecule has 3 nitrogen and oxygen atoms in total. The van der Waals surface area contributed by atoms with E-state index in [2.05, 4.69) is 0 Å². The summed E-state index contributed by atoms with van der Waals surface area (Å²) >= 11 is 0. The molecule has 76 valence electrons. The average molecular weight is 186 g/mol. The van der Waals surface area contributed by atoms with Crippen molar-refractivity contribution in [3.63, 3.8) is 0 Å². The normalized spacial score (nSPS) is 10.6. The molecule has 0 unspecified atom stereocenters. The Bertz CT molecular complexity index is 152. The summed E-state index contributed by atoms with van der Waals surface area (Å²) in [6, 6.07) is 0. The molecule has 0 aliphatic heterocycles. The van der Waals surface area contributed by atoms with Gasteiger partial charge >= 0.3 is 5.97 Å². The summed E-state index contributed by atoms with van der Waals surface area (Å²) in [4.78, 5) is 10.9. The number of aliphatic hydroxyl groups is 1. The van der Waals surface area contributed by atoms with Crippen LogP contribution in [0.15, 0.2) is 12.2 Å². The fourth-order valence-corrected chi connectivity index (χ4v) is 0.957. The van der Waals surface area contributed by atoms with E-state index < -0.39 is 0 Å². The summed E-state index contributed by atoms with van der Waals surface area (Å²) < 4.78 is 4.77. The van der Waals surface area contributed by atoms with Crippen LogP contribution in [0.1, 0.15) is 32.6 Å². The minimum Gasteiger partial charge on any atom is -0.466 e. The molecule has 3 heteroatoms. The van der Waals surface area contributed by atoms with E-state index in [0.29, 0.717) is 13.0 Å². The van der Waals surface area contributed by atoms with Gasteiger partial charge in [-0.25, -0.2) is 0 Å². The largest absolute Gasteiger partial charge is 0.466 e. The van der Waals surface area contributed by atoms with Crippen LogP contribution in [0.4, 0.5) is 0 Å². The summed E-state index contributed by atoms with van der Waals surface area (Å²) in [5, 5.41) is 8.42. The van der Waals surface area contributed by atoms with Crippen molar-refractivity contribution >= 4 is 5.97 Å². The monoisotopic (exact) mass is 186 g/mol. The number of ether oxygens (including phenoxy) is 1. The molecule has 0 bridgehead atoms. The number of aliphatic hydroxyl groups excluding tert-OH is 1. The van der Waals surface area contributed by atoms with E-state index in [4.69, 9.17) is 9.84 Å². The Hall–Kier alpha value is -0.830. The predicted octanol–water partition coefficient (Wildman–Crippen LogP) is 1.66. The molecule has 0 heterocycles. The van der Waals surface area contributed by atoms with Gasteiger partial charge < -0.3 is 9.84 Å². The number of hydrogen-bond donors (Lipinski definition) is 1. The van der Waals surface area contributed by atoms with E-state index in [1.165, 1.54) is 0 Å². The van der Waals surface area contributed by atoms with Gasteiger partial charge in [0, 0.05) is 6.42 Å². The Morgan fingerprint density at radius 1 is 1.38 bits per heavy atom. The second-order valence-corrected chi connectivity index (χ2v) is 2.70. The lowest BCUT2D eigenvalue weighted by Gasteiger charge is -1.99. The Morgan fingerprint density at radius 3 is 2.77 bits per heavy atom. The molecule has 0 aromatic heterocycles. The predicted molar refractivity (Wildman–Crippen MR) is 51.3 cm³/mol. The molecule has 0 atom stereocenters. The van der Waals surface area contributed by atoms with Crippen LogP contribution in [0.3, 0.4) is 0 Å². The Balaban J connectivity index is 3.15. The zero-order valence-electron chi connectivity index (χ0n) is 8.16. The summed E-state index contributed by atoms with van der Waals surface area (Å²) in [6.45, 7) is 2.36. The maximum absolute atomic E-state index is 10.9. The lowest BCUT2D eigenvalue weighted by Crippen LogP contribution is -2.02. The summed E-state index contributed by atoms with van der Waals surface area (Å²) in [5.41, 5.74) is 0. The molecule has 13 heavy (non-hydrogen) atoms. The van der Waals surface area contributed by atoms with Crippen LogP contribution in [0.2, 0.25) is 0 Å². The third kappa shape index (κ3) is 9.08. The van der Waals surface area contributed by atoms with Gasteiger partial charge in [0.05, 0.1) is 13.2 Å². The molecule has 0 saturated heterocycles. The number of unbranched alkanes of at least 4 members (excludes halogenated alkanes) is 2. The minimum absolute atomic E-state index is 0.0951. The molecule has 0 aliphatic carbocycles. The fraction of sp³-hybridized carbons (Fsp3) is 0.700. The smallest absolute Gasteiger partial charge is 0.305 e. The first-order chi connectivity index (χ1) is 6.31. The van der Waals surface area contributed by atoms with Crippen LogP contribution in [-0.4, -0.2) is 24.3 Å². The molecular weight excluding hydrogens is 168 g/mol. The van der Waals surface area contributed by atoms with Crippen molar-refractivity contribution in [2.75, 3.05) is 13.2 Å². The Morgan fingerprint density at radius 2 is 2.15 bits per heavy atom. The summed E-state index contributed by atoms with van der Waals surface area (Å²) in [5.74, 6) is -0.117. The number of allylic oxidation sites excluding steroid dienone is 1. The molecule has 0 fully saturated rings. The van der Waals surface area contributed by atoms with Crippen LogP contribution in [-0.2, 0) is 9.53 Å². The van der Waals surface area contributed by atoms with Crippen molar-refractivity contribution < 1.29 is 14.6 Å². The second kappa shape index (κ2) is 9.26. The Labute approximate surface area is 79.4 Å². The molecule has 0 spiro atoms. The van der Waals surface area contributed by atoms with E-state index in [1.54, 1.807) is 6.08 Å². The number of carbonyl (C=O) groups is 1. The highest BCUT2D eigenvalue weighted by Gasteiger charge is 1.99. The van der Waals surface area contributed by atoms with Gasteiger partial charge in [0.15, 0.2) is 0 Å². The molecule has 0 aliphatic rings. The van der Waals surface area contributed by atoms with Gasteiger partial charge in [0.2, 0.25) is 0 Å². The van der Waals surface area contributed by atoms with Gasteiger partial charge in [-0.1, -0.05) is 12.2 Å². The average Bonchev–Trinajstić information content (AvgIpc) is 2.11. The van der Waals surface area contributed by atoms with E-state index in [-0.39, 0.29) is 12.6 Å². The SMILES string of the molecule is CCOC(=O)CCCCC=CCO. The highest BCUT2D eigenvalue weighted by atomic mass is 16.5. The van der Waals surface area contributed by atoms with E-state index in [1.807, 2.05) is 13.0 Å². The van der Waals surface area contributed by atoms with Gasteiger partial charge in [-0.15, -0.1) is 0 Å². The van der Waals surface area contributed by atoms with Crippen molar-refractivity contribution in [2.24, 2.45) is 0 Å². The van der Waals surface area contributed by atoms with Gasteiger partial charge in [-0.3, -0.25) is 4.79 Å². The van der Waals surface area contributed by atoms with Gasteiger partial charge in [-0.2, -0.15) is 0 Å². The van der Waals surface area contributed by atoms with Gasteiger partial charge in [-0.05, 0) is 26.2 Å². The fourth-order valence-electron chi connectivity index (χ4n) is 0.957. The topological polar surface area (TPSA) is 46.5 Å². The number of rotatable bonds is 7. The molecule has 0 aromatic rings. The highest BCUT2D eigenvalue weighted by molar-refractivity contribution is 5.69. The van der Waals surface area contributed by atoms with E-state index in [0.717, 1.165) is 19.3 Å². The molecular formula is C10H18O3. The molecule has 0 saturated carbocycles. The van der Waals surface area contributed by atoms with Crippen molar-refractivity contribution in [1.82, 2.24) is 0 Å². The first kappa shape index (κ1) is 12.2. The third-order valence-corrected chi connectivity index (χ3v) is 1.58. The van der Waals surface area contributed by atoms with Gasteiger partial charge in [0.25, 0.3) is 0 Å². The molecule has 1 N–H and O–H groups in total. The molecule has 0 aromatic carbocycles. The minimum atomic E-state index is -0.117. The van der Waals surface area contributed by atoms with Crippen LogP contribution in [0, 0.1) is 0 Å². The van der Waals surface area contributed by atoms with Crippen LogP contribution >= 0.6 is 0 Å². The number of carbonyl (C=O) groups excluding carboxylic acids is 1. The first-order valence-electron chi connectivity index (χ1n) is 4.72. The van der Waals surface area contributed by atoms with Crippen LogP contribution in [0.5, 0.6) is 0 Å². The lowest BCUT2D eigenvalue weighted by molar-refractivity contribution is -0.143. The Kier molecular flexibility index (Phi) is 8.67. The van der Waals surface area contributed by atoms with Crippen LogP contribution in [0.25, 0.3) is 0 Å². The van der Waals surface area contributed by atoms with Crippen molar-refractivity contribution in [3.8, 4) is 0 Å². The van der Waals surface area contributed by atoms with Crippen molar-refractivity contribution in [1.29, 1.82) is 0 Å². The maximum Gasteiger partial charge on any atom is 0.305 e.